The average molecular weight is 437 g/mol. The minimum atomic E-state index is -0.761. The van der Waals surface area contributed by atoms with E-state index in [2.05, 4.69) is 22.4 Å². The molecule has 1 aromatic heterocycles. The number of carboxylic acids is 1. The van der Waals surface area contributed by atoms with Crippen LogP contribution in [0.4, 0.5) is 5.13 Å². The van der Waals surface area contributed by atoms with E-state index in [1.807, 2.05) is 42.5 Å². The lowest BCUT2D eigenvalue weighted by Gasteiger charge is -2.28. The number of thiazole rings is 1. The van der Waals surface area contributed by atoms with E-state index in [4.69, 9.17) is 14.8 Å². The second-order valence-corrected chi connectivity index (χ2v) is 8.74. The monoisotopic (exact) mass is 436 g/mol. The van der Waals surface area contributed by atoms with Crippen molar-refractivity contribution in [2.45, 2.75) is 44.6 Å². The fourth-order valence-corrected chi connectivity index (χ4v) is 4.98. The standard InChI is InChI=1S/C25H28N2O3S/c28-24(29)14-16-27(21-8-4-5-9-21)25-26-23(18-31-25)20-10-12-22(13-11-20)30-17-15-19-6-2-1-3-7-19/h1-3,6-7,10-13,18,21H,4-5,8-9,14-17H2,(H,28,29). The molecule has 0 aliphatic heterocycles. The molecule has 162 valence electrons. The van der Waals surface area contributed by atoms with Crippen LogP contribution >= 0.6 is 11.3 Å². The van der Waals surface area contributed by atoms with Crippen molar-refractivity contribution in [3.8, 4) is 17.0 Å². The third-order valence-electron chi connectivity index (χ3n) is 5.72. The molecule has 6 heteroatoms. The highest BCUT2D eigenvalue weighted by molar-refractivity contribution is 7.14. The smallest absolute Gasteiger partial charge is 0.305 e. The van der Waals surface area contributed by atoms with Gasteiger partial charge in [0.05, 0.1) is 18.7 Å². The first kappa shape index (κ1) is 21.4. The molecular formula is C25H28N2O3S. The van der Waals surface area contributed by atoms with Crippen LogP contribution in [0.15, 0.2) is 60.0 Å². The normalized spacial score (nSPS) is 13.9. The van der Waals surface area contributed by atoms with E-state index in [0.717, 1.165) is 41.4 Å². The van der Waals surface area contributed by atoms with E-state index in [-0.39, 0.29) is 6.42 Å². The number of nitrogens with zero attached hydrogens (tertiary/aromatic N) is 2. The number of ether oxygens (including phenoxy) is 1. The number of carboxylic acid groups (broad SMARTS) is 1. The zero-order valence-electron chi connectivity index (χ0n) is 17.6. The Bertz CT molecular complexity index is 966. The van der Waals surface area contributed by atoms with Gasteiger partial charge in [0.25, 0.3) is 0 Å². The maximum atomic E-state index is 11.1. The van der Waals surface area contributed by atoms with Crippen molar-refractivity contribution in [3.63, 3.8) is 0 Å². The Morgan fingerprint density at radius 1 is 1.10 bits per heavy atom. The van der Waals surface area contributed by atoms with E-state index >= 15 is 0 Å². The molecule has 1 N–H and O–H groups in total. The lowest BCUT2D eigenvalue weighted by molar-refractivity contribution is -0.136. The average Bonchev–Trinajstić information content (AvgIpc) is 3.48. The molecule has 0 unspecified atom stereocenters. The van der Waals surface area contributed by atoms with Gasteiger partial charge in [0, 0.05) is 30.0 Å². The molecular weight excluding hydrogens is 408 g/mol. The van der Waals surface area contributed by atoms with E-state index in [1.165, 1.54) is 18.4 Å². The van der Waals surface area contributed by atoms with Crippen LogP contribution < -0.4 is 9.64 Å². The summed E-state index contributed by atoms with van der Waals surface area (Å²) in [5.74, 6) is 0.0896. The van der Waals surface area contributed by atoms with Crippen molar-refractivity contribution in [3.05, 3.63) is 65.5 Å². The van der Waals surface area contributed by atoms with E-state index in [1.54, 1.807) is 11.3 Å². The minimum Gasteiger partial charge on any atom is -0.493 e. The molecule has 0 saturated heterocycles. The Hall–Kier alpha value is -2.86. The van der Waals surface area contributed by atoms with Gasteiger partial charge in [-0.1, -0.05) is 43.2 Å². The first-order valence-electron chi connectivity index (χ1n) is 10.9. The topological polar surface area (TPSA) is 62.7 Å². The maximum absolute atomic E-state index is 11.1. The second-order valence-electron chi connectivity index (χ2n) is 7.90. The molecule has 1 saturated carbocycles. The summed E-state index contributed by atoms with van der Waals surface area (Å²) in [6, 6.07) is 18.8. The van der Waals surface area contributed by atoms with E-state index in [0.29, 0.717) is 19.2 Å². The summed E-state index contributed by atoms with van der Waals surface area (Å²) in [4.78, 5) is 18.2. The molecule has 31 heavy (non-hydrogen) atoms. The van der Waals surface area contributed by atoms with Gasteiger partial charge < -0.3 is 14.7 Å². The Morgan fingerprint density at radius 2 is 1.84 bits per heavy atom. The van der Waals surface area contributed by atoms with Gasteiger partial charge in [-0.25, -0.2) is 4.98 Å². The van der Waals surface area contributed by atoms with Gasteiger partial charge in [0.15, 0.2) is 5.13 Å². The molecule has 4 rings (SSSR count). The highest BCUT2D eigenvalue weighted by Gasteiger charge is 2.25. The fraction of sp³-hybridized carbons (Fsp3) is 0.360. The summed E-state index contributed by atoms with van der Waals surface area (Å²) in [6.45, 7) is 1.16. The first-order valence-corrected chi connectivity index (χ1v) is 11.8. The molecule has 3 aromatic rings. The quantitative estimate of drug-likeness (QED) is 0.445. The highest BCUT2D eigenvalue weighted by Crippen LogP contribution is 2.33. The summed E-state index contributed by atoms with van der Waals surface area (Å²) < 4.78 is 5.88. The van der Waals surface area contributed by atoms with Crippen molar-refractivity contribution in [2.75, 3.05) is 18.1 Å². The van der Waals surface area contributed by atoms with Crippen molar-refractivity contribution >= 4 is 22.4 Å². The number of aromatic nitrogens is 1. The highest BCUT2D eigenvalue weighted by atomic mass is 32.1. The number of hydrogen-bond acceptors (Lipinski definition) is 5. The molecule has 1 heterocycles. The van der Waals surface area contributed by atoms with Gasteiger partial charge in [0.2, 0.25) is 0 Å². The molecule has 2 aromatic carbocycles. The van der Waals surface area contributed by atoms with Crippen LogP contribution in [0.2, 0.25) is 0 Å². The van der Waals surface area contributed by atoms with Crippen LogP contribution in [0.25, 0.3) is 11.3 Å². The first-order chi connectivity index (χ1) is 15.2. The zero-order chi connectivity index (χ0) is 21.5. The summed E-state index contributed by atoms with van der Waals surface area (Å²) in [5.41, 5.74) is 3.24. The Balaban J connectivity index is 1.38. The number of hydrogen-bond donors (Lipinski definition) is 1. The number of benzene rings is 2. The van der Waals surface area contributed by atoms with E-state index in [9.17, 15) is 4.79 Å². The van der Waals surface area contributed by atoms with Gasteiger partial charge in [-0.3, -0.25) is 4.79 Å². The zero-order valence-corrected chi connectivity index (χ0v) is 18.4. The molecule has 0 amide bonds. The van der Waals surface area contributed by atoms with Crippen LogP contribution in [-0.4, -0.2) is 35.3 Å². The van der Waals surface area contributed by atoms with E-state index < -0.39 is 5.97 Å². The van der Waals surface area contributed by atoms with Crippen molar-refractivity contribution in [2.24, 2.45) is 0 Å². The molecule has 1 aliphatic carbocycles. The Morgan fingerprint density at radius 3 is 2.55 bits per heavy atom. The minimum absolute atomic E-state index is 0.139. The lowest BCUT2D eigenvalue weighted by atomic mass is 10.1. The number of carbonyl (C=O) groups is 1. The molecule has 0 bridgehead atoms. The summed E-state index contributed by atoms with van der Waals surface area (Å²) in [5, 5.41) is 12.1. The summed E-state index contributed by atoms with van der Waals surface area (Å²) >= 11 is 1.60. The van der Waals surface area contributed by atoms with Crippen LogP contribution in [0, 0.1) is 0 Å². The largest absolute Gasteiger partial charge is 0.493 e. The molecule has 1 aliphatic rings. The predicted molar refractivity (Wildman–Crippen MR) is 125 cm³/mol. The van der Waals surface area contributed by atoms with Crippen LogP contribution in [0.3, 0.4) is 0 Å². The SMILES string of the molecule is O=C(O)CCN(c1nc(-c2ccc(OCCc3ccccc3)cc2)cs1)C1CCCC1. The number of rotatable bonds is 10. The maximum Gasteiger partial charge on any atom is 0.305 e. The van der Waals surface area contributed by atoms with Gasteiger partial charge in [-0.2, -0.15) is 0 Å². The Labute approximate surface area is 187 Å². The molecule has 0 radical (unpaired) electrons. The van der Waals surface area contributed by atoms with Crippen molar-refractivity contribution < 1.29 is 14.6 Å². The van der Waals surface area contributed by atoms with Crippen LogP contribution in [0.1, 0.15) is 37.7 Å². The predicted octanol–water partition coefficient (Wildman–Crippen LogP) is 5.66. The molecule has 0 spiro atoms. The lowest BCUT2D eigenvalue weighted by Crippen LogP contribution is -2.35. The van der Waals surface area contributed by atoms with Crippen LogP contribution in [0.5, 0.6) is 5.75 Å². The molecule has 0 atom stereocenters. The number of aliphatic carboxylic acids is 1. The third kappa shape index (κ3) is 5.85. The summed E-state index contributed by atoms with van der Waals surface area (Å²) in [7, 11) is 0. The van der Waals surface area contributed by atoms with Crippen LogP contribution in [-0.2, 0) is 11.2 Å². The second kappa shape index (κ2) is 10.4. The molecule has 5 nitrogen and oxygen atoms in total. The number of anilines is 1. The third-order valence-corrected chi connectivity index (χ3v) is 6.60. The van der Waals surface area contributed by atoms with Crippen molar-refractivity contribution in [1.82, 2.24) is 4.98 Å². The molecule has 1 fully saturated rings. The summed E-state index contributed by atoms with van der Waals surface area (Å²) in [6.07, 6.45) is 5.66. The van der Waals surface area contributed by atoms with Gasteiger partial charge >= 0.3 is 5.97 Å². The fourth-order valence-electron chi connectivity index (χ4n) is 4.05. The van der Waals surface area contributed by atoms with Crippen molar-refractivity contribution in [1.29, 1.82) is 0 Å². The van der Waals surface area contributed by atoms with Gasteiger partial charge in [-0.15, -0.1) is 11.3 Å². The Kier molecular flexibility index (Phi) is 7.20. The van der Waals surface area contributed by atoms with Gasteiger partial charge in [0.1, 0.15) is 5.75 Å². The van der Waals surface area contributed by atoms with Gasteiger partial charge in [-0.05, 0) is 42.7 Å².